The molecule has 0 atom stereocenters. The van der Waals surface area contributed by atoms with E-state index in [4.69, 9.17) is 4.74 Å². The van der Waals surface area contributed by atoms with Gasteiger partial charge in [0.05, 0.1) is 17.8 Å². The normalized spacial score (nSPS) is 18.2. The molecule has 1 fully saturated rings. The summed E-state index contributed by atoms with van der Waals surface area (Å²) in [5.41, 5.74) is 0.253. The summed E-state index contributed by atoms with van der Waals surface area (Å²) >= 11 is 0. The molecule has 1 aliphatic heterocycles. The molecule has 2 rings (SSSR count). The van der Waals surface area contributed by atoms with Crippen LogP contribution in [0.25, 0.3) is 0 Å². The van der Waals surface area contributed by atoms with E-state index in [1.807, 2.05) is 30.3 Å². The average Bonchev–Trinajstić information content (AvgIpc) is 2.62. The van der Waals surface area contributed by atoms with Gasteiger partial charge in [0.2, 0.25) is 15.9 Å². The van der Waals surface area contributed by atoms with Crippen LogP contribution in [0.15, 0.2) is 30.3 Å². The third-order valence-electron chi connectivity index (χ3n) is 4.69. The third kappa shape index (κ3) is 3.96. The molecule has 1 saturated heterocycles. The van der Waals surface area contributed by atoms with E-state index < -0.39 is 15.4 Å². The molecular formula is C17H26N2O4S. The Labute approximate surface area is 144 Å². The van der Waals surface area contributed by atoms with E-state index in [0.717, 1.165) is 5.56 Å². The Balaban J connectivity index is 2.22. The zero-order valence-electron chi connectivity index (χ0n) is 14.3. The summed E-state index contributed by atoms with van der Waals surface area (Å²) in [5.74, 6) is 0.0325. The van der Waals surface area contributed by atoms with Crippen LogP contribution in [0.3, 0.4) is 0 Å². The largest absolute Gasteiger partial charge is 0.383 e. The Morgan fingerprint density at radius 1 is 1.25 bits per heavy atom. The van der Waals surface area contributed by atoms with Crippen molar-refractivity contribution in [1.29, 1.82) is 0 Å². The molecule has 0 saturated carbocycles. The molecule has 1 aromatic rings. The molecule has 0 radical (unpaired) electrons. The molecule has 0 aliphatic carbocycles. The first-order valence-corrected chi connectivity index (χ1v) is 9.88. The zero-order chi connectivity index (χ0) is 17.6. The van der Waals surface area contributed by atoms with Crippen LogP contribution in [-0.4, -0.2) is 57.7 Å². The van der Waals surface area contributed by atoms with Crippen LogP contribution in [0.5, 0.6) is 0 Å². The highest BCUT2D eigenvalue weighted by Crippen LogP contribution is 2.36. The molecule has 7 heteroatoms. The highest BCUT2D eigenvalue weighted by molar-refractivity contribution is 7.89. The van der Waals surface area contributed by atoms with Crippen LogP contribution < -0.4 is 5.32 Å². The number of rotatable bonds is 7. The van der Waals surface area contributed by atoms with Gasteiger partial charge in [-0.15, -0.1) is 0 Å². The number of ether oxygens (including phenoxy) is 1. The Hall–Kier alpha value is -1.44. The molecule has 1 aliphatic rings. The van der Waals surface area contributed by atoms with E-state index in [2.05, 4.69) is 5.32 Å². The van der Waals surface area contributed by atoms with Crippen molar-refractivity contribution in [2.45, 2.75) is 25.2 Å². The Bertz CT molecular complexity index is 638. The summed E-state index contributed by atoms with van der Waals surface area (Å²) in [6.07, 6.45) is 0.962. The van der Waals surface area contributed by atoms with Crippen molar-refractivity contribution in [3.8, 4) is 0 Å². The fourth-order valence-corrected chi connectivity index (χ4v) is 4.27. The lowest BCUT2D eigenvalue weighted by Gasteiger charge is -2.40. The number of carbonyl (C=O) groups excluding carboxylic acids is 1. The van der Waals surface area contributed by atoms with Gasteiger partial charge in [0.25, 0.3) is 0 Å². The molecule has 1 amide bonds. The van der Waals surface area contributed by atoms with Gasteiger partial charge in [-0.3, -0.25) is 4.79 Å². The maximum Gasteiger partial charge on any atom is 0.230 e. The summed E-state index contributed by atoms with van der Waals surface area (Å²) < 4.78 is 30.7. The molecule has 0 unspecified atom stereocenters. The van der Waals surface area contributed by atoms with Gasteiger partial charge in [-0.2, -0.15) is 0 Å². The van der Waals surface area contributed by atoms with Crippen LogP contribution in [0.4, 0.5) is 0 Å². The summed E-state index contributed by atoms with van der Waals surface area (Å²) in [6, 6.07) is 9.62. The minimum Gasteiger partial charge on any atom is -0.383 e. The number of hydrogen-bond acceptors (Lipinski definition) is 4. The number of carbonyl (C=O) groups is 1. The second-order valence-electron chi connectivity index (χ2n) is 6.00. The first kappa shape index (κ1) is 18.9. The number of amides is 1. The van der Waals surface area contributed by atoms with Crippen LogP contribution >= 0.6 is 0 Å². The summed E-state index contributed by atoms with van der Waals surface area (Å²) in [4.78, 5) is 12.9. The number of nitrogens with zero attached hydrogens (tertiary/aromatic N) is 1. The number of methoxy groups -OCH3 is 1. The second-order valence-corrected chi connectivity index (χ2v) is 8.25. The minimum absolute atomic E-state index is 0.0562. The van der Waals surface area contributed by atoms with Crippen molar-refractivity contribution in [2.75, 3.05) is 39.1 Å². The van der Waals surface area contributed by atoms with Gasteiger partial charge in [-0.05, 0) is 25.3 Å². The minimum atomic E-state index is -3.22. The third-order valence-corrected chi connectivity index (χ3v) is 6.57. The van der Waals surface area contributed by atoms with Crippen molar-refractivity contribution in [3.63, 3.8) is 0 Å². The van der Waals surface area contributed by atoms with Gasteiger partial charge in [0, 0.05) is 26.7 Å². The Kier molecular flexibility index (Phi) is 6.37. The van der Waals surface area contributed by atoms with Crippen LogP contribution in [-0.2, 0) is 25.0 Å². The van der Waals surface area contributed by atoms with Crippen LogP contribution in [0, 0.1) is 0 Å². The molecule has 1 aromatic carbocycles. The maximum atomic E-state index is 12.9. The van der Waals surface area contributed by atoms with E-state index in [9.17, 15) is 13.2 Å². The SMILES string of the molecule is CCS(=O)(=O)N1CCC(C(=O)NCCOC)(c2ccccc2)CC1. The number of sulfonamides is 1. The maximum absolute atomic E-state index is 12.9. The van der Waals surface area contributed by atoms with Gasteiger partial charge < -0.3 is 10.1 Å². The monoisotopic (exact) mass is 354 g/mol. The van der Waals surface area contributed by atoms with E-state index in [-0.39, 0.29) is 11.7 Å². The predicted octanol–water partition coefficient (Wildman–Crippen LogP) is 1.13. The van der Waals surface area contributed by atoms with Gasteiger partial charge in [0.15, 0.2) is 0 Å². The smallest absolute Gasteiger partial charge is 0.230 e. The highest BCUT2D eigenvalue weighted by atomic mass is 32.2. The van der Waals surface area contributed by atoms with Crippen molar-refractivity contribution in [2.24, 2.45) is 0 Å². The lowest BCUT2D eigenvalue weighted by molar-refractivity contribution is -0.128. The molecular weight excluding hydrogens is 328 g/mol. The standard InChI is InChI=1S/C17H26N2O4S/c1-3-24(21,22)19-12-9-17(10-13-19,15-7-5-4-6-8-15)16(20)18-11-14-23-2/h4-8H,3,9-14H2,1-2H3,(H,18,20). The fourth-order valence-electron chi connectivity index (χ4n) is 3.17. The molecule has 0 bridgehead atoms. The lowest BCUT2D eigenvalue weighted by Crippen LogP contribution is -2.53. The fraction of sp³-hybridized carbons (Fsp3) is 0.588. The van der Waals surface area contributed by atoms with Crippen LogP contribution in [0.1, 0.15) is 25.3 Å². The molecule has 1 N–H and O–H groups in total. The summed E-state index contributed by atoms with van der Waals surface area (Å²) in [7, 11) is -1.63. The number of hydrogen-bond donors (Lipinski definition) is 1. The summed E-state index contributed by atoms with van der Waals surface area (Å²) in [6.45, 7) is 3.27. The van der Waals surface area contributed by atoms with Gasteiger partial charge in [-0.1, -0.05) is 30.3 Å². The van der Waals surface area contributed by atoms with Gasteiger partial charge in [0.1, 0.15) is 0 Å². The van der Waals surface area contributed by atoms with E-state index in [1.165, 1.54) is 4.31 Å². The first-order valence-electron chi connectivity index (χ1n) is 8.27. The molecule has 24 heavy (non-hydrogen) atoms. The molecule has 6 nitrogen and oxygen atoms in total. The van der Waals surface area contributed by atoms with Gasteiger partial charge >= 0.3 is 0 Å². The van der Waals surface area contributed by atoms with Gasteiger partial charge in [-0.25, -0.2) is 12.7 Å². The molecule has 134 valence electrons. The summed E-state index contributed by atoms with van der Waals surface area (Å²) in [5, 5.41) is 2.93. The first-order chi connectivity index (χ1) is 11.5. The topological polar surface area (TPSA) is 75.7 Å². The van der Waals surface area contributed by atoms with E-state index in [0.29, 0.717) is 39.1 Å². The number of nitrogens with one attached hydrogen (secondary N) is 1. The van der Waals surface area contributed by atoms with E-state index >= 15 is 0 Å². The quantitative estimate of drug-likeness (QED) is 0.745. The molecule has 1 heterocycles. The Morgan fingerprint density at radius 2 is 1.88 bits per heavy atom. The molecule has 0 spiro atoms. The average molecular weight is 354 g/mol. The highest BCUT2D eigenvalue weighted by Gasteiger charge is 2.44. The number of benzene rings is 1. The zero-order valence-corrected chi connectivity index (χ0v) is 15.1. The van der Waals surface area contributed by atoms with E-state index in [1.54, 1.807) is 14.0 Å². The van der Waals surface area contributed by atoms with Crippen LogP contribution in [0.2, 0.25) is 0 Å². The van der Waals surface area contributed by atoms with Crippen molar-refractivity contribution < 1.29 is 17.9 Å². The second kappa shape index (κ2) is 8.09. The van der Waals surface area contributed by atoms with Crippen molar-refractivity contribution >= 4 is 15.9 Å². The molecule has 0 aromatic heterocycles. The lowest BCUT2D eigenvalue weighted by atomic mass is 9.72. The van der Waals surface area contributed by atoms with Crippen molar-refractivity contribution in [3.05, 3.63) is 35.9 Å². The Morgan fingerprint density at radius 3 is 2.42 bits per heavy atom. The number of piperidine rings is 1. The predicted molar refractivity (Wildman–Crippen MR) is 93.3 cm³/mol. The van der Waals surface area contributed by atoms with Crippen molar-refractivity contribution in [1.82, 2.24) is 9.62 Å².